The first-order valence-corrected chi connectivity index (χ1v) is 7.59. The summed E-state index contributed by atoms with van der Waals surface area (Å²) in [6.45, 7) is 2.19. The fourth-order valence-corrected chi connectivity index (χ4v) is 3.26. The van der Waals surface area contributed by atoms with Crippen LogP contribution in [0.4, 0.5) is 0 Å². The summed E-state index contributed by atoms with van der Waals surface area (Å²) in [7, 11) is 1.64. The van der Waals surface area contributed by atoms with Crippen LogP contribution in [0.25, 0.3) is 0 Å². The van der Waals surface area contributed by atoms with E-state index >= 15 is 0 Å². The first kappa shape index (κ1) is 14.2. The Morgan fingerprint density at radius 2 is 1.74 bits per heavy atom. The predicted octanol–water partition coefficient (Wildman–Crippen LogP) is 2.90. The lowest BCUT2D eigenvalue weighted by molar-refractivity contribution is -0.0729. The van der Waals surface area contributed by atoms with Crippen LogP contribution in [0.5, 0.6) is 23.0 Å². The fraction of sp³-hybridized carbons (Fsp3) is 0.333. The average Bonchev–Trinajstić information content (AvgIpc) is 3.02. The molecule has 2 aromatic carbocycles. The minimum atomic E-state index is -0.866. The molecule has 0 saturated carbocycles. The van der Waals surface area contributed by atoms with E-state index in [0.717, 1.165) is 22.6 Å². The molecule has 120 valence electrons. The van der Waals surface area contributed by atoms with E-state index in [9.17, 15) is 5.11 Å². The molecule has 1 N–H and O–H groups in total. The minimum absolute atomic E-state index is 0.00848. The molecule has 4 rings (SSSR count). The van der Waals surface area contributed by atoms with E-state index in [-0.39, 0.29) is 18.6 Å². The zero-order valence-corrected chi connectivity index (χ0v) is 13.0. The molecule has 3 atom stereocenters. The van der Waals surface area contributed by atoms with Crippen LogP contribution >= 0.6 is 0 Å². The van der Waals surface area contributed by atoms with Gasteiger partial charge >= 0.3 is 0 Å². The maximum absolute atomic E-state index is 10.3. The normalized spacial score (nSPS) is 24.7. The third kappa shape index (κ3) is 2.28. The monoisotopic (exact) mass is 314 g/mol. The Labute approximate surface area is 134 Å². The Morgan fingerprint density at radius 3 is 2.43 bits per heavy atom. The number of fused-ring (bicyclic) bond motifs is 2. The first-order valence-electron chi connectivity index (χ1n) is 7.59. The van der Waals surface area contributed by atoms with Crippen LogP contribution in [0, 0.1) is 5.92 Å². The van der Waals surface area contributed by atoms with Crippen molar-refractivity contribution < 1.29 is 24.1 Å². The lowest BCUT2D eigenvalue weighted by Gasteiger charge is -2.35. The standard InChI is InChI=1S/C18H18O5/c1-10-17(11-3-5-12(20-2)6-4-11)13-7-15-16(22-9-21-15)8-14(13)23-18(10)19/h3-8,10,17-19H,9H2,1-2H3/t10-,17-,18-/m0/s1. The molecule has 2 heterocycles. The molecule has 0 unspecified atom stereocenters. The largest absolute Gasteiger partial charge is 0.497 e. The Bertz CT molecular complexity index is 725. The summed E-state index contributed by atoms with van der Waals surface area (Å²) in [5.41, 5.74) is 2.10. The molecule has 0 aromatic heterocycles. The van der Waals surface area contributed by atoms with Crippen LogP contribution < -0.4 is 18.9 Å². The summed E-state index contributed by atoms with van der Waals surface area (Å²) < 4.78 is 21.8. The minimum Gasteiger partial charge on any atom is -0.497 e. The molecule has 0 aliphatic carbocycles. The number of aliphatic hydroxyl groups is 1. The Hall–Kier alpha value is -2.40. The highest BCUT2D eigenvalue weighted by molar-refractivity contribution is 5.56. The third-order valence-corrected chi connectivity index (χ3v) is 4.54. The van der Waals surface area contributed by atoms with E-state index in [4.69, 9.17) is 18.9 Å². The molecule has 5 nitrogen and oxygen atoms in total. The van der Waals surface area contributed by atoms with E-state index in [1.165, 1.54) is 0 Å². The molecule has 0 saturated heterocycles. The first-order chi connectivity index (χ1) is 11.2. The Balaban J connectivity index is 1.82. The molecule has 23 heavy (non-hydrogen) atoms. The van der Waals surface area contributed by atoms with E-state index in [1.54, 1.807) is 13.2 Å². The summed E-state index contributed by atoms with van der Waals surface area (Å²) in [6, 6.07) is 11.6. The van der Waals surface area contributed by atoms with E-state index in [1.807, 2.05) is 37.3 Å². The second kappa shape index (κ2) is 5.35. The summed E-state index contributed by atoms with van der Waals surface area (Å²) in [5, 5.41) is 10.3. The van der Waals surface area contributed by atoms with Crippen LogP contribution in [0.1, 0.15) is 24.0 Å². The predicted molar refractivity (Wildman–Crippen MR) is 83.2 cm³/mol. The van der Waals surface area contributed by atoms with Gasteiger partial charge in [-0.2, -0.15) is 0 Å². The van der Waals surface area contributed by atoms with Crippen molar-refractivity contribution in [3.8, 4) is 23.0 Å². The molecule has 0 radical (unpaired) electrons. The molecule has 2 aromatic rings. The van der Waals surface area contributed by atoms with E-state index in [2.05, 4.69) is 0 Å². The van der Waals surface area contributed by atoms with Crippen LogP contribution in [0.15, 0.2) is 36.4 Å². The van der Waals surface area contributed by atoms with E-state index < -0.39 is 6.29 Å². The van der Waals surface area contributed by atoms with Gasteiger partial charge in [0, 0.05) is 23.5 Å². The number of rotatable bonds is 2. The summed E-state index contributed by atoms with van der Waals surface area (Å²) in [4.78, 5) is 0. The number of methoxy groups -OCH3 is 1. The summed E-state index contributed by atoms with van der Waals surface area (Å²) in [6.07, 6.45) is -0.866. The zero-order valence-electron chi connectivity index (χ0n) is 13.0. The van der Waals surface area contributed by atoms with Gasteiger partial charge in [-0.25, -0.2) is 0 Å². The maximum Gasteiger partial charge on any atom is 0.231 e. The van der Waals surface area contributed by atoms with Crippen molar-refractivity contribution in [2.45, 2.75) is 19.1 Å². The highest BCUT2D eigenvalue weighted by Gasteiger charge is 2.37. The lowest BCUT2D eigenvalue weighted by Crippen LogP contribution is -2.34. The Kier molecular flexibility index (Phi) is 3.31. The highest BCUT2D eigenvalue weighted by atomic mass is 16.7. The molecule has 0 fully saturated rings. The molecule has 2 aliphatic rings. The van der Waals surface area contributed by atoms with Gasteiger partial charge in [-0.1, -0.05) is 19.1 Å². The SMILES string of the molecule is COc1ccc([C@H]2c3cc4c(cc3O[C@H](O)[C@H]2C)OCO4)cc1. The molecule has 2 aliphatic heterocycles. The second-order valence-corrected chi connectivity index (χ2v) is 5.86. The van der Waals surface area contributed by atoms with Gasteiger partial charge in [0.15, 0.2) is 11.5 Å². The van der Waals surface area contributed by atoms with Gasteiger partial charge in [-0.3, -0.25) is 0 Å². The maximum atomic E-state index is 10.3. The van der Waals surface area contributed by atoms with Gasteiger partial charge in [0.05, 0.1) is 7.11 Å². The fourth-order valence-electron chi connectivity index (χ4n) is 3.26. The second-order valence-electron chi connectivity index (χ2n) is 5.86. The molecule has 0 bridgehead atoms. The van der Waals surface area contributed by atoms with Crippen molar-refractivity contribution in [1.29, 1.82) is 0 Å². The molecular formula is C18H18O5. The van der Waals surface area contributed by atoms with Crippen LogP contribution in [-0.4, -0.2) is 25.3 Å². The van der Waals surface area contributed by atoms with Gasteiger partial charge < -0.3 is 24.1 Å². The lowest BCUT2D eigenvalue weighted by atomic mass is 9.79. The van der Waals surface area contributed by atoms with Gasteiger partial charge in [-0.05, 0) is 23.8 Å². The number of ether oxygens (including phenoxy) is 4. The van der Waals surface area contributed by atoms with Gasteiger partial charge in [-0.15, -0.1) is 0 Å². The smallest absolute Gasteiger partial charge is 0.231 e. The van der Waals surface area contributed by atoms with Crippen molar-refractivity contribution in [2.24, 2.45) is 5.92 Å². The van der Waals surface area contributed by atoms with Crippen molar-refractivity contribution >= 4 is 0 Å². The quantitative estimate of drug-likeness (QED) is 0.923. The van der Waals surface area contributed by atoms with Crippen molar-refractivity contribution in [1.82, 2.24) is 0 Å². The van der Waals surface area contributed by atoms with Crippen molar-refractivity contribution in [3.63, 3.8) is 0 Å². The number of aliphatic hydroxyl groups excluding tert-OH is 1. The molecule has 0 amide bonds. The molecular weight excluding hydrogens is 296 g/mol. The topological polar surface area (TPSA) is 57.2 Å². The Morgan fingerprint density at radius 1 is 1.04 bits per heavy atom. The van der Waals surface area contributed by atoms with Gasteiger partial charge in [0.25, 0.3) is 0 Å². The average molecular weight is 314 g/mol. The van der Waals surface area contributed by atoms with Crippen LogP contribution in [0.2, 0.25) is 0 Å². The number of hydrogen-bond donors (Lipinski definition) is 1. The summed E-state index contributed by atoms with van der Waals surface area (Å²) >= 11 is 0. The zero-order chi connectivity index (χ0) is 16.0. The van der Waals surface area contributed by atoms with E-state index in [0.29, 0.717) is 11.5 Å². The van der Waals surface area contributed by atoms with Crippen LogP contribution in [0.3, 0.4) is 0 Å². The van der Waals surface area contributed by atoms with Gasteiger partial charge in [0.2, 0.25) is 13.1 Å². The van der Waals surface area contributed by atoms with Crippen LogP contribution in [-0.2, 0) is 0 Å². The van der Waals surface area contributed by atoms with Gasteiger partial charge in [0.1, 0.15) is 11.5 Å². The molecule has 5 heteroatoms. The number of hydrogen-bond acceptors (Lipinski definition) is 5. The highest BCUT2D eigenvalue weighted by Crippen LogP contribution is 2.48. The number of benzene rings is 2. The van der Waals surface area contributed by atoms with Crippen molar-refractivity contribution in [2.75, 3.05) is 13.9 Å². The third-order valence-electron chi connectivity index (χ3n) is 4.54. The molecule has 0 spiro atoms. The van der Waals surface area contributed by atoms with Crippen molar-refractivity contribution in [3.05, 3.63) is 47.5 Å². The summed E-state index contributed by atoms with van der Waals surface area (Å²) in [5.74, 6) is 2.74.